The molecule has 0 aromatic carbocycles. The maximum Gasteiger partial charge on any atom is 0.0386 e. The first-order chi connectivity index (χ1) is 4.85. The summed E-state index contributed by atoms with van der Waals surface area (Å²) in [7, 11) is 0. The second-order valence-electron chi connectivity index (χ2n) is 2.41. The zero-order valence-corrected chi connectivity index (χ0v) is 7.19. The van der Waals surface area contributed by atoms with Gasteiger partial charge in [-0.3, -0.25) is 4.99 Å². The Bertz CT molecular complexity index is 94.9. The average molecular weight is 140 g/mol. The monoisotopic (exact) mass is 140 g/mol. The first-order valence-electron chi connectivity index (χ1n) is 4.16. The fourth-order valence-electron chi connectivity index (χ4n) is 0.842. The molecule has 0 rings (SSSR count). The predicted octanol–water partition coefficient (Wildman–Crippen LogP) is 2.86. The second kappa shape index (κ2) is 6.79. The Labute approximate surface area is 64.6 Å². The summed E-state index contributed by atoms with van der Waals surface area (Å²) >= 11 is 0. The van der Waals surface area contributed by atoms with Crippen molar-refractivity contribution < 1.29 is 0 Å². The van der Waals surface area contributed by atoms with Gasteiger partial charge in [0.05, 0.1) is 0 Å². The highest BCUT2D eigenvalue weighted by atomic mass is 14.7. The molecule has 1 radical (unpaired) electrons. The van der Waals surface area contributed by atoms with Crippen LogP contribution in [0.4, 0.5) is 0 Å². The SMILES string of the molecule is [CH2]CCC(CC)=NCCC. The second-order valence-corrected chi connectivity index (χ2v) is 2.41. The minimum atomic E-state index is 0.983. The fourth-order valence-corrected chi connectivity index (χ4v) is 0.842. The zero-order valence-electron chi connectivity index (χ0n) is 7.19. The molecule has 0 unspecified atom stereocenters. The molecule has 0 aromatic rings. The lowest BCUT2D eigenvalue weighted by Gasteiger charge is -1.99. The number of aliphatic imine (C=N–C) groups is 1. The van der Waals surface area contributed by atoms with Gasteiger partial charge in [0, 0.05) is 12.3 Å². The fraction of sp³-hybridized carbons (Fsp3) is 0.778. The molecular weight excluding hydrogens is 122 g/mol. The minimum Gasteiger partial charge on any atom is -0.294 e. The first kappa shape index (κ1) is 9.67. The lowest BCUT2D eigenvalue weighted by atomic mass is 10.2. The summed E-state index contributed by atoms with van der Waals surface area (Å²) in [5.41, 5.74) is 1.33. The van der Waals surface area contributed by atoms with E-state index < -0.39 is 0 Å². The molecule has 0 heterocycles. The molecule has 0 saturated carbocycles. The topological polar surface area (TPSA) is 12.4 Å². The molecule has 0 atom stereocenters. The Hall–Kier alpha value is -0.330. The smallest absolute Gasteiger partial charge is 0.0386 e. The summed E-state index contributed by atoms with van der Waals surface area (Å²) in [4.78, 5) is 4.43. The molecule has 59 valence electrons. The number of hydrogen-bond acceptors (Lipinski definition) is 1. The maximum absolute atomic E-state index is 4.43. The molecule has 0 spiro atoms. The van der Waals surface area contributed by atoms with Crippen LogP contribution in [0.25, 0.3) is 0 Å². The Balaban J connectivity index is 3.55. The highest BCUT2D eigenvalue weighted by Crippen LogP contribution is 1.96. The van der Waals surface area contributed by atoms with Crippen LogP contribution >= 0.6 is 0 Å². The van der Waals surface area contributed by atoms with Crippen LogP contribution in [-0.2, 0) is 0 Å². The molecule has 10 heavy (non-hydrogen) atoms. The van der Waals surface area contributed by atoms with Crippen molar-refractivity contribution in [1.82, 2.24) is 0 Å². The van der Waals surface area contributed by atoms with E-state index in [1.54, 1.807) is 0 Å². The Morgan fingerprint density at radius 2 is 2.10 bits per heavy atom. The van der Waals surface area contributed by atoms with Gasteiger partial charge in [-0.25, -0.2) is 0 Å². The van der Waals surface area contributed by atoms with Gasteiger partial charge >= 0.3 is 0 Å². The van der Waals surface area contributed by atoms with Gasteiger partial charge in [0.15, 0.2) is 0 Å². The normalized spacial score (nSPS) is 12.1. The van der Waals surface area contributed by atoms with Crippen LogP contribution in [0, 0.1) is 6.92 Å². The highest BCUT2D eigenvalue weighted by Gasteiger charge is 1.91. The van der Waals surface area contributed by atoms with Crippen LogP contribution in [0.5, 0.6) is 0 Å². The zero-order chi connectivity index (χ0) is 7.82. The number of nitrogens with zero attached hydrogens (tertiary/aromatic N) is 1. The van der Waals surface area contributed by atoms with Crippen molar-refractivity contribution in [1.29, 1.82) is 0 Å². The van der Waals surface area contributed by atoms with Crippen LogP contribution in [0.3, 0.4) is 0 Å². The van der Waals surface area contributed by atoms with E-state index in [0.29, 0.717) is 0 Å². The molecule has 0 aromatic heterocycles. The van der Waals surface area contributed by atoms with E-state index in [1.165, 1.54) is 5.71 Å². The molecule has 0 aliphatic heterocycles. The van der Waals surface area contributed by atoms with Gasteiger partial charge in [-0.1, -0.05) is 20.8 Å². The van der Waals surface area contributed by atoms with Gasteiger partial charge in [-0.2, -0.15) is 0 Å². The Morgan fingerprint density at radius 1 is 1.40 bits per heavy atom. The van der Waals surface area contributed by atoms with Crippen LogP contribution in [-0.4, -0.2) is 12.3 Å². The molecule has 0 aliphatic rings. The van der Waals surface area contributed by atoms with Crippen molar-refractivity contribution in [2.75, 3.05) is 6.54 Å². The molecule has 0 saturated heterocycles. The highest BCUT2D eigenvalue weighted by molar-refractivity contribution is 5.84. The van der Waals surface area contributed by atoms with E-state index in [1.807, 2.05) is 0 Å². The third-order valence-corrected chi connectivity index (χ3v) is 1.43. The molecule has 0 amide bonds. The third kappa shape index (κ3) is 4.54. The number of rotatable bonds is 5. The molecule has 0 N–H and O–H groups in total. The molecular formula is C9H18N. The Kier molecular flexibility index (Phi) is 6.56. The van der Waals surface area contributed by atoms with E-state index in [0.717, 1.165) is 32.2 Å². The van der Waals surface area contributed by atoms with Gasteiger partial charge in [-0.05, 0) is 25.7 Å². The summed E-state index contributed by atoms with van der Waals surface area (Å²) in [6.45, 7) is 9.10. The molecule has 1 heteroatoms. The summed E-state index contributed by atoms with van der Waals surface area (Å²) in [6, 6.07) is 0. The van der Waals surface area contributed by atoms with E-state index >= 15 is 0 Å². The lowest BCUT2D eigenvalue weighted by Crippen LogP contribution is -1.96. The first-order valence-corrected chi connectivity index (χ1v) is 4.16. The molecule has 0 fully saturated rings. The molecule has 0 aliphatic carbocycles. The van der Waals surface area contributed by atoms with Crippen molar-refractivity contribution in [3.05, 3.63) is 6.92 Å². The van der Waals surface area contributed by atoms with Gasteiger partial charge < -0.3 is 0 Å². The molecule has 0 bridgehead atoms. The minimum absolute atomic E-state index is 0.983. The van der Waals surface area contributed by atoms with E-state index in [2.05, 4.69) is 25.8 Å². The summed E-state index contributed by atoms with van der Waals surface area (Å²) in [5, 5.41) is 0. The van der Waals surface area contributed by atoms with Crippen molar-refractivity contribution in [3.63, 3.8) is 0 Å². The lowest BCUT2D eigenvalue weighted by molar-refractivity contribution is 0.908. The Morgan fingerprint density at radius 3 is 2.50 bits per heavy atom. The largest absolute Gasteiger partial charge is 0.294 e. The van der Waals surface area contributed by atoms with Crippen LogP contribution in [0.1, 0.15) is 39.5 Å². The number of hydrogen-bond donors (Lipinski definition) is 0. The maximum atomic E-state index is 4.43. The van der Waals surface area contributed by atoms with Gasteiger partial charge in [0.25, 0.3) is 0 Å². The summed E-state index contributed by atoms with van der Waals surface area (Å²) < 4.78 is 0. The van der Waals surface area contributed by atoms with Gasteiger partial charge in [0.2, 0.25) is 0 Å². The van der Waals surface area contributed by atoms with E-state index in [-0.39, 0.29) is 0 Å². The van der Waals surface area contributed by atoms with Crippen molar-refractivity contribution >= 4 is 5.71 Å². The standard InChI is InChI=1S/C9H18N/c1-4-7-9(6-3)10-8-5-2/h1,4-8H2,2-3H3. The van der Waals surface area contributed by atoms with Crippen LogP contribution in [0.2, 0.25) is 0 Å². The third-order valence-electron chi connectivity index (χ3n) is 1.43. The molecule has 1 nitrogen and oxygen atoms in total. The predicted molar refractivity (Wildman–Crippen MR) is 47.5 cm³/mol. The van der Waals surface area contributed by atoms with Gasteiger partial charge in [-0.15, -0.1) is 0 Å². The van der Waals surface area contributed by atoms with Crippen molar-refractivity contribution in [2.45, 2.75) is 39.5 Å². The van der Waals surface area contributed by atoms with Crippen molar-refractivity contribution in [2.24, 2.45) is 4.99 Å². The average Bonchev–Trinajstić information content (AvgIpc) is 1.98. The quantitative estimate of drug-likeness (QED) is 0.521. The summed E-state index contributed by atoms with van der Waals surface area (Å²) in [6.07, 6.45) is 4.31. The van der Waals surface area contributed by atoms with Crippen molar-refractivity contribution in [3.8, 4) is 0 Å². The summed E-state index contributed by atoms with van der Waals surface area (Å²) in [5.74, 6) is 0. The van der Waals surface area contributed by atoms with Gasteiger partial charge in [0.1, 0.15) is 0 Å². The van der Waals surface area contributed by atoms with Crippen LogP contribution < -0.4 is 0 Å². The van der Waals surface area contributed by atoms with E-state index in [4.69, 9.17) is 0 Å². The van der Waals surface area contributed by atoms with E-state index in [9.17, 15) is 0 Å². The van der Waals surface area contributed by atoms with Crippen LogP contribution in [0.15, 0.2) is 4.99 Å².